The molecule has 0 saturated carbocycles. The summed E-state index contributed by atoms with van der Waals surface area (Å²) in [5.74, 6) is -0.0499. The molecule has 2 atom stereocenters. The molecule has 0 radical (unpaired) electrons. The fourth-order valence-electron chi connectivity index (χ4n) is 3.83. The first-order chi connectivity index (χ1) is 15.8. The summed E-state index contributed by atoms with van der Waals surface area (Å²) in [4.78, 5) is 25.3. The number of carbonyl (C=O) groups is 2. The molecular formula is C24H31N3O4S2. The van der Waals surface area contributed by atoms with Crippen LogP contribution in [0.2, 0.25) is 0 Å². The number of amides is 2. The van der Waals surface area contributed by atoms with Crippen LogP contribution in [0.5, 0.6) is 0 Å². The molecule has 0 aliphatic carbocycles. The summed E-state index contributed by atoms with van der Waals surface area (Å²) in [6, 6.07) is 16.1. The maximum atomic E-state index is 12.9. The molecule has 1 fully saturated rings. The van der Waals surface area contributed by atoms with Gasteiger partial charge < -0.3 is 10.2 Å². The number of sulfonamides is 1. The molecule has 2 aromatic carbocycles. The van der Waals surface area contributed by atoms with E-state index in [1.54, 1.807) is 29.2 Å². The molecule has 1 heterocycles. The largest absolute Gasteiger partial charge is 0.356 e. The van der Waals surface area contributed by atoms with E-state index in [1.807, 2.05) is 30.3 Å². The van der Waals surface area contributed by atoms with Gasteiger partial charge in [-0.15, -0.1) is 0 Å². The van der Waals surface area contributed by atoms with Gasteiger partial charge in [0.15, 0.2) is 0 Å². The second-order valence-corrected chi connectivity index (χ2v) is 10.7. The van der Waals surface area contributed by atoms with Gasteiger partial charge in [0.1, 0.15) is 0 Å². The second kappa shape index (κ2) is 11.7. The minimum atomic E-state index is -3.73. The van der Waals surface area contributed by atoms with E-state index in [0.717, 1.165) is 30.4 Å². The minimum absolute atomic E-state index is 0.00230. The van der Waals surface area contributed by atoms with Crippen molar-refractivity contribution in [1.82, 2.24) is 14.9 Å². The number of nitrogens with one attached hydrogen (secondary N) is 2. The molecule has 2 N–H and O–H groups in total. The highest BCUT2D eigenvalue weighted by atomic mass is 32.2. The van der Waals surface area contributed by atoms with Crippen LogP contribution < -0.4 is 10.0 Å². The number of rotatable bonds is 10. The van der Waals surface area contributed by atoms with Gasteiger partial charge in [0.25, 0.3) is 0 Å². The summed E-state index contributed by atoms with van der Waals surface area (Å²) in [5, 5.41) is 2.47. The lowest BCUT2D eigenvalue weighted by Gasteiger charge is -2.17. The third-order valence-corrected chi connectivity index (χ3v) is 7.69. The highest BCUT2D eigenvalue weighted by molar-refractivity contribution is 7.89. The molecule has 0 spiro atoms. The van der Waals surface area contributed by atoms with Crippen LogP contribution in [0, 0.1) is 0 Å². The van der Waals surface area contributed by atoms with Crippen LogP contribution in [0.4, 0.5) is 0 Å². The minimum Gasteiger partial charge on any atom is -0.356 e. The van der Waals surface area contributed by atoms with E-state index in [0.29, 0.717) is 26.1 Å². The predicted octanol–water partition coefficient (Wildman–Crippen LogP) is 2.84. The molecular weight excluding hydrogens is 458 g/mol. The van der Waals surface area contributed by atoms with Gasteiger partial charge >= 0.3 is 0 Å². The molecule has 3 rings (SSSR count). The number of benzene rings is 2. The Morgan fingerprint density at radius 2 is 1.64 bits per heavy atom. The van der Waals surface area contributed by atoms with Crippen molar-refractivity contribution in [3.8, 4) is 11.1 Å². The Bertz CT molecular complexity index is 1040. The second-order valence-electron chi connectivity index (χ2n) is 8.28. The van der Waals surface area contributed by atoms with Crippen LogP contribution >= 0.6 is 12.6 Å². The number of unbranched alkanes of at least 4 members (excludes halogenated alkanes) is 2. The lowest BCUT2D eigenvalue weighted by Crippen LogP contribution is -2.41. The molecule has 0 aromatic heterocycles. The fourth-order valence-corrected chi connectivity index (χ4v) is 5.57. The molecule has 1 saturated heterocycles. The number of likely N-dealkylation sites (tertiary alicyclic amines) is 1. The van der Waals surface area contributed by atoms with Gasteiger partial charge in [0.2, 0.25) is 21.8 Å². The zero-order valence-corrected chi connectivity index (χ0v) is 20.4. The maximum absolute atomic E-state index is 12.9. The number of hydrogen-bond acceptors (Lipinski definition) is 5. The van der Waals surface area contributed by atoms with Crippen molar-refractivity contribution in [2.75, 3.05) is 19.6 Å². The Kier molecular flexibility index (Phi) is 8.94. The van der Waals surface area contributed by atoms with Gasteiger partial charge in [0, 0.05) is 38.2 Å². The summed E-state index contributed by atoms with van der Waals surface area (Å²) in [5.41, 5.74) is 1.96. The fraction of sp³-hybridized carbons (Fsp3) is 0.417. The molecule has 0 bridgehead atoms. The normalized spacial score (nSPS) is 18.3. The Balaban J connectivity index is 1.51. The van der Waals surface area contributed by atoms with Crippen LogP contribution in [0.3, 0.4) is 0 Å². The van der Waals surface area contributed by atoms with E-state index < -0.39 is 16.1 Å². The SMILES string of the molecule is CC(=O)NCCCCCC(=O)N1C[C@@H](S)[C@H](NS(=O)(=O)c2ccc(-c3ccccc3)cc2)C1. The maximum Gasteiger partial charge on any atom is 0.240 e. The highest BCUT2D eigenvalue weighted by Crippen LogP contribution is 2.23. The van der Waals surface area contributed by atoms with E-state index in [-0.39, 0.29) is 22.0 Å². The first-order valence-corrected chi connectivity index (χ1v) is 13.1. The molecule has 0 unspecified atom stereocenters. The molecule has 178 valence electrons. The summed E-state index contributed by atoms with van der Waals surface area (Å²) in [7, 11) is -3.73. The Hall–Kier alpha value is -2.36. The van der Waals surface area contributed by atoms with Crippen LogP contribution in [-0.2, 0) is 19.6 Å². The number of thiol groups is 1. The van der Waals surface area contributed by atoms with Crippen LogP contribution in [0.25, 0.3) is 11.1 Å². The molecule has 1 aliphatic heterocycles. The first kappa shape index (κ1) is 25.3. The van der Waals surface area contributed by atoms with E-state index in [4.69, 9.17) is 0 Å². The molecule has 2 amide bonds. The number of carbonyl (C=O) groups excluding carboxylic acids is 2. The Labute approximate surface area is 201 Å². The monoisotopic (exact) mass is 489 g/mol. The standard InChI is InChI=1S/C24H31N3O4S2/c1-18(28)25-15-7-3-6-10-24(29)27-16-22(23(32)17-27)26-33(30,31)21-13-11-20(12-14-21)19-8-4-2-5-9-19/h2,4-5,8-9,11-14,22-23,26,32H,3,6-7,10,15-17H2,1H3,(H,25,28)/t22-,23-/m1/s1. The van der Waals surface area contributed by atoms with E-state index in [1.165, 1.54) is 6.92 Å². The predicted molar refractivity (Wildman–Crippen MR) is 132 cm³/mol. The Morgan fingerprint density at radius 1 is 0.970 bits per heavy atom. The molecule has 9 heteroatoms. The highest BCUT2D eigenvalue weighted by Gasteiger charge is 2.35. The van der Waals surface area contributed by atoms with E-state index in [2.05, 4.69) is 22.7 Å². The number of hydrogen-bond donors (Lipinski definition) is 3. The van der Waals surface area contributed by atoms with Crippen molar-refractivity contribution in [2.45, 2.75) is 48.8 Å². The first-order valence-electron chi connectivity index (χ1n) is 11.1. The van der Waals surface area contributed by atoms with Gasteiger partial charge in [0.05, 0.1) is 10.9 Å². The van der Waals surface area contributed by atoms with Crippen molar-refractivity contribution in [1.29, 1.82) is 0 Å². The molecule has 1 aliphatic rings. The van der Waals surface area contributed by atoms with E-state index >= 15 is 0 Å². The molecule has 2 aromatic rings. The van der Waals surface area contributed by atoms with Crippen molar-refractivity contribution < 1.29 is 18.0 Å². The van der Waals surface area contributed by atoms with Gasteiger partial charge in [-0.05, 0) is 36.1 Å². The van der Waals surface area contributed by atoms with Crippen molar-refractivity contribution >= 4 is 34.5 Å². The smallest absolute Gasteiger partial charge is 0.240 e. The van der Waals surface area contributed by atoms with Gasteiger partial charge in [-0.3, -0.25) is 9.59 Å². The zero-order chi connectivity index (χ0) is 23.8. The Morgan fingerprint density at radius 3 is 2.30 bits per heavy atom. The lowest BCUT2D eigenvalue weighted by molar-refractivity contribution is -0.130. The quantitative estimate of drug-likeness (QED) is 0.353. The average molecular weight is 490 g/mol. The lowest BCUT2D eigenvalue weighted by atomic mass is 10.1. The van der Waals surface area contributed by atoms with E-state index in [9.17, 15) is 18.0 Å². The molecule has 7 nitrogen and oxygen atoms in total. The summed E-state index contributed by atoms with van der Waals surface area (Å²) in [6.07, 6.45) is 2.81. The summed E-state index contributed by atoms with van der Waals surface area (Å²) < 4.78 is 28.5. The summed E-state index contributed by atoms with van der Waals surface area (Å²) >= 11 is 4.52. The van der Waals surface area contributed by atoms with Crippen molar-refractivity contribution in [3.05, 3.63) is 54.6 Å². The van der Waals surface area contributed by atoms with Crippen LogP contribution in [0.1, 0.15) is 32.6 Å². The third kappa shape index (κ3) is 7.31. The van der Waals surface area contributed by atoms with Crippen molar-refractivity contribution in [2.24, 2.45) is 0 Å². The van der Waals surface area contributed by atoms with Gasteiger partial charge in [-0.2, -0.15) is 12.6 Å². The van der Waals surface area contributed by atoms with Crippen LogP contribution in [0.15, 0.2) is 59.5 Å². The average Bonchev–Trinajstić information content (AvgIpc) is 3.16. The molecule has 33 heavy (non-hydrogen) atoms. The van der Waals surface area contributed by atoms with Crippen LogP contribution in [-0.4, -0.2) is 56.1 Å². The summed E-state index contributed by atoms with van der Waals surface area (Å²) in [6.45, 7) is 2.81. The number of nitrogens with zero attached hydrogens (tertiary/aromatic N) is 1. The zero-order valence-electron chi connectivity index (χ0n) is 18.7. The third-order valence-electron chi connectivity index (χ3n) is 5.66. The van der Waals surface area contributed by atoms with Crippen molar-refractivity contribution in [3.63, 3.8) is 0 Å². The van der Waals surface area contributed by atoms with Gasteiger partial charge in [-0.1, -0.05) is 48.9 Å². The topological polar surface area (TPSA) is 95.6 Å². The van der Waals surface area contributed by atoms with Gasteiger partial charge in [-0.25, -0.2) is 13.1 Å².